The maximum atomic E-state index is 12.7. The van der Waals surface area contributed by atoms with Gasteiger partial charge in [0, 0.05) is 22.2 Å². The maximum Gasteiger partial charge on any atom is 0.437 e. The van der Waals surface area contributed by atoms with Gasteiger partial charge in [-0.15, -0.1) is 4.68 Å². The van der Waals surface area contributed by atoms with Gasteiger partial charge >= 0.3 is 12.1 Å². The molecule has 154 valence electrons. The summed E-state index contributed by atoms with van der Waals surface area (Å²) in [5.74, 6) is -1.30. The Bertz CT molecular complexity index is 988. The van der Waals surface area contributed by atoms with Crippen LogP contribution >= 0.6 is 11.6 Å². The van der Waals surface area contributed by atoms with E-state index in [0.717, 1.165) is 11.1 Å². The Hall–Kier alpha value is -2.80. The van der Waals surface area contributed by atoms with E-state index < -0.39 is 23.6 Å². The average molecular weight is 418 g/mol. The van der Waals surface area contributed by atoms with Crippen LogP contribution in [0, 0.1) is 0 Å². The predicted molar refractivity (Wildman–Crippen MR) is 110 cm³/mol. The number of aliphatic carboxylic acids is 1. The molecule has 0 saturated carbocycles. The third kappa shape index (κ3) is 4.15. The van der Waals surface area contributed by atoms with Crippen molar-refractivity contribution in [2.75, 3.05) is 5.32 Å². The molecule has 1 aliphatic rings. The molecular weight excluding hydrogens is 394 g/mol. The number of ether oxygens (including phenoxy) is 1. The number of anilines is 1. The van der Waals surface area contributed by atoms with Crippen molar-refractivity contribution in [2.24, 2.45) is 0 Å². The summed E-state index contributed by atoms with van der Waals surface area (Å²) in [5.41, 5.74) is 1.24. The first-order chi connectivity index (χ1) is 13.6. The molecule has 0 bridgehead atoms. The number of carbonyl (C=O) groups is 2. The number of fused-ring (bicyclic) bond motifs is 1. The first kappa shape index (κ1) is 20.9. The lowest BCUT2D eigenvalue weighted by atomic mass is 9.82. The van der Waals surface area contributed by atoms with Crippen molar-refractivity contribution in [1.82, 2.24) is 9.78 Å². The van der Waals surface area contributed by atoms with Gasteiger partial charge in [-0.3, -0.25) is 0 Å². The number of hydrogen-bond donors (Lipinski definition) is 2. The molecule has 2 aromatic rings. The van der Waals surface area contributed by atoms with E-state index in [0.29, 0.717) is 34.1 Å². The molecule has 1 unspecified atom stereocenters. The van der Waals surface area contributed by atoms with Gasteiger partial charge in [0.2, 0.25) is 0 Å². The van der Waals surface area contributed by atoms with Crippen LogP contribution in [0.1, 0.15) is 57.6 Å². The number of carboxylic acid groups (broad SMARTS) is 1. The van der Waals surface area contributed by atoms with Crippen LogP contribution in [0.25, 0.3) is 0 Å². The summed E-state index contributed by atoms with van der Waals surface area (Å²) in [4.78, 5) is 24.9. The van der Waals surface area contributed by atoms with Crippen molar-refractivity contribution in [3.63, 3.8) is 0 Å². The van der Waals surface area contributed by atoms with Gasteiger partial charge in [0.05, 0.1) is 11.8 Å². The van der Waals surface area contributed by atoms with Crippen LogP contribution in [0.2, 0.25) is 5.02 Å². The van der Waals surface area contributed by atoms with Gasteiger partial charge in [-0.1, -0.05) is 43.1 Å². The highest BCUT2D eigenvalue weighted by Crippen LogP contribution is 2.44. The zero-order valence-electron chi connectivity index (χ0n) is 16.8. The molecule has 8 heteroatoms. The van der Waals surface area contributed by atoms with Gasteiger partial charge < -0.3 is 15.2 Å². The van der Waals surface area contributed by atoms with E-state index in [2.05, 4.69) is 10.4 Å². The molecule has 1 aromatic carbocycles. The lowest BCUT2D eigenvalue weighted by Gasteiger charge is -2.29. The first-order valence-electron chi connectivity index (χ1n) is 9.43. The first-order valence-corrected chi connectivity index (χ1v) is 9.81. The minimum atomic E-state index is -1.04. The SMILES string of the molecule is CCCC1=C(C(=O)O)C(c2ccccc2Cl)c2cnn(C(=O)OC(C)(C)C)c2N1. The Morgan fingerprint density at radius 3 is 2.55 bits per heavy atom. The van der Waals surface area contributed by atoms with Crippen LogP contribution in [-0.4, -0.2) is 32.6 Å². The summed E-state index contributed by atoms with van der Waals surface area (Å²) >= 11 is 6.42. The number of carbonyl (C=O) groups excluding carboxylic acids is 1. The molecule has 3 rings (SSSR count). The molecular formula is C21H24ClN3O4. The second-order valence-electron chi connectivity index (χ2n) is 7.87. The van der Waals surface area contributed by atoms with E-state index in [1.54, 1.807) is 45.0 Å². The summed E-state index contributed by atoms with van der Waals surface area (Å²) in [6.07, 6.45) is 2.08. The number of benzene rings is 1. The van der Waals surface area contributed by atoms with Crippen LogP contribution in [0.3, 0.4) is 0 Å². The smallest absolute Gasteiger partial charge is 0.437 e. The van der Waals surface area contributed by atoms with Crippen molar-refractivity contribution in [2.45, 2.75) is 52.1 Å². The lowest BCUT2D eigenvalue weighted by molar-refractivity contribution is -0.133. The van der Waals surface area contributed by atoms with Gasteiger partial charge in [0.1, 0.15) is 11.4 Å². The topological polar surface area (TPSA) is 93.5 Å². The molecule has 0 spiro atoms. The highest BCUT2D eigenvalue weighted by molar-refractivity contribution is 6.31. The highest BCUT2D eigenvalue weighted by Gasteiger charge is 2.38. The number of hydrogen-bond acceptors (Lipinski definition) is 5. The van der Waals surface area contributed by atoms with Crippen LogP contribution < -0.4 is 5.32 Å². The van der Waals surface area contributed by atoms with Gasteiger partial charge in [-0.05, 0) is 38.8 Å². The zero-order chi connectivity index (χ0) is 21.3. The van der Waals surface area contributed by atoms with E-state index >= 15 is 0 Å². The Labute approximate surface area is 174 Å². The molecule has 0 saturated heterocycles. The molecule has 2 heterocycles. The molecule has 2 N–H and O–H groups in total. The quantitative estimate of drug-likeness (QED) is 0.725. The summed E-state index contributed by atoms with van der Waals surface area (Å²) in [7, 11) is 0. The third-order valence-electron chi connectivity index (χ3n) is 4.50. The molecule has 0 amide bonds. The summed E-state index contributed by atoms with van der Waals surface area (Å²) < 4.78 is 6.58. The molecule has 0 radical (unpaired) electrons. The minimum absolute atomic E-state index is 0.205. The van der Waals surface area contributed by atoms with Crippen molar-refractivity contribution < 1.29 is 19.4 Å². The van der Waals surface area contributed by atoms with Crippen LogP contribution in [0.15, 0.2) is 41.7 Å². The van der Waals surface area contributed by atoms with Gasteiger partial charge in [-0.2, -0.15) is 5.10 Å². The van der Waals surface area contributed by atoms with Gasteiger partial charge in [-0.25, -0.2) is 9.59 Å². The lowest BCUT2D eigenvalue weighted by Crippen LogP contribution is -2.30. The third-order valence-corrected chi connectivity index (χ3v) is 4.85. The predicted octanol–water partition coefficient (Wildman–Crippen LogP) is 5.02. The standard InChI is InChI=1S/C21H24ClN3O4/c1-5-8-15-17(19(26)27)16(12-9-6-7-10-14(12)22)13-11-23-25(18(13)24-15)20(28)29-21(2,3)4/h6-7,9-11,16,24H,5,8H2,1-4H3,(H,26,27). The van der Waals surface area contributed by atoms with E-state index in [4.69, 9.17) is 16.3 Å². The Morgan fingerprint density at radius 2 is 1.97 bits per heavy atom. The number of nitrogens with one attached hydrogen (secondary N) is 1. The minimum Gasteiger partial charge on any atom is -0.478 e. The van der Waals surface area contributed by atoms with Gasteiger partial charge in [0.25, 0.3) is 0 Å². The number of allylic oxidation sites excluding steroid dienone is 1. The van der Waals surface area contributed by atoms with Crippen LogP contribution in [-0.2, 0) is 9.53 Å². The second kappa shape index (κ2) is 7.91. The molecule has 1 atom stereocenters. The van der Waals surface area contributed by atoms with Crippen LogP contribution in [0.5, 0.6) is 0 Å². The number of aromatic nitrogens is 2. The van der Waals surface area contributed by atoms with Crippen molar-refractivity contribution in [3.8, 4) is 0 Å². The number of nitrogens with zero attached hydrogens (tertiary/aromatic N) is 2. The molecule has 0 fully saturated rings. The number of rotatable bonds is 4. The van der Waals surface area contributed by atoms with E-state index in [-0.39, 0.29) is 5.57 Å². The summed E-state index contributed by atoms with van der Waals surface area (Å²) in [6, 6.07) is 7.10. The fourth-order valence-corrected chi connectivity index (χ4v) is 3.66. The Morgan fingerprint density at radius 1 is 1.28 bits per heavy atom. The van der Waals surface area contributed by atoms with E-state index in [1.165, 1.54) is 6.20 Å². The molecule has 0 aliphatic carbocycles. The zero-order valence-corrected chi connectivity index (χ0v) is 17.6. The summed E-state index contributed by atoms with van der Waals surface area (Å²) in [6.45, 7) is 7.27. The van der Waals surface area contributed by atoms with Gasteiger partial charge in [0.15, 0.2) is 0 Å². The van der Waals surface area contributed by atoms with E-state index in [9.17, 15) is 14.7 Å². The van der Waals surface area contributed by atoms with Crippen LogP contribution in [0.4, 0.5) is 10.6 Å². The fraction of sp³-hybridized carbons (Fsp3) is 0.381. The highest BCUT2D eigenvalue weighted by atomic mass is 35.5. The Kier molecular flexibility index (Phi) is 5.71. The van der Waals surface area contributed by atoms with Crippen molar-refractivity contribution in [1.29, 1.82) is 0 Å². The largest absolute Gasteiger partial charge is 0.478 e. The maximum absolute atomic E-state index is 12.7. The molecule has 7 nitrogen and oxygen atoms in total. The summed E-state index contributed by atoms with van der Waals surface area (Å²) in [5, 5.41) is 17.8. The monoisotopic (exact) mass is 417 g/mol. The average Bonchev–Trinajstić information content (AvgIpc) is 3.03. The van der Waals surface area contributed by atoms with Crippen molar-refractivity contribution >= 4 is 29.5 Å². The molecule has 1 aromatic heterocycles. The number of carboxylic acids is 1. The Balaban J connectivity index is 2.20. The van der Waals surface area contributed by atoms with Crippen molar-refractivity contribution in [3.05, 3.63) is 57.9 Å². The normalized spacial score (nSPS) is 16.2. The molecule has 1 aliphatic heterocycles. The molecule has 29 heavy (non-hydrogen) atoms. The number of halogens is 1. The van der Waals surface area contributed by atoms with E-state index in [1.807, 2.05) is 6.92 Å². The fourth-order valence-electron chi connectivity index (χ4n) is 3.41. The second-order valence-corrected chi connectivity index (χ2v) is 8.27.